The van der Waals surface area contributed by atoms with Crippen LogP contribution in [0.3, 0.4) is 0 Å². The zero-order valence-electron chi connectivity index (χ0n) is 16.6. The van der Waals surface area contributed by atoms with Crippen molar-refractivity contribution >= 4 is 34.3 Å². The van der Waals surface area contributed by atoms with Crippen molar-refractivity contribution in [3.8, 4) is 5.75 Å². The van der Waals surface area contributed by atoms with Crippen LogP contribution in [-0.2, 0) is 10.3 Å². The number of imide groups is 1. The molecule has 31 heavy (non-hydrogen) atoms. The van der Waals surface area contributed by atoms with Crippen molar-refractivity contribution in [2.45, 2.75) is 18.6 Å². The molecule has 1 aliphatic rings. The molecular formula is C23H20ClFN2O4. The highest BCUT2D eigenvalue weighted by atomic mass is 35.5. The molecule has 0 saturated carbocycles. The zero-order chi connectivity index (χ0) is 22.2. The molecule has 0 aromatic heterocycles. The molecule has 1 saturated heterocycles. The van der Waals surface area contributed by atoms with Gasteiger partial charge in [0.25, 0.3) is 5.91 Å². The van der Waals surface area contributed by atoms with E-state index in [4.69, 9.17) is 16.3 Å². The first-order chi connectivity index (χ1) is 14.8. The highest BCUT2D eigenvalue weighted by Crippen LogP contribution is 2.34. The van der Waals surface area contributed by atoms with Crippen LogP contribution in [-0.4, -0.2) is 41.2 Å². The van der Waals surface area contributed by atoms with Crippen molar-refractivity contribution in [2.75, 3.05) is 13.2 Å². The molecule has 1 fully saturated rings. The third kappa shape index (κ3) is 4.06. The number of carbonyl (C=O) groups excluding carboxylic acids is 2. The summed E-state index contributed by atoms with van der Waals surface area (Å²) < 4.78 is 19.0. The summed E-state index contributed by atoms with van der Waals surface area (Å²) in [5.41, 5.74) is -1.18. The van der Waals surface area contributed by atoms with Crippen LogP contribution < -0.4 is 10.1 Å². The Bertz CT molecular complexity index is 1170. The quantitative estimate of drug-likeness (QED) is 0.568. The van der Waals surface area contributed by atoms with E-state index in [2.05, 4.69) is 5.32 Å². The maximum atomic E-state index is 13.4. The number of aliphatic hydroxyl groups is 1. The van der Waals surface area contributed by atoms with Crippen LogP contribution in [0.2, 0.25) is 5.02 Å². The molecule has 3 aromatic rings. The number of nitrogens with zero attached hydrogens (tertiary/aromatic N) is 1. The number of β-amino-alcohol motifs (C(OH)–C–C–N with tert-alkyl or cyclic N) is 1. The predicted molar refractivity (Wildman–Crippen MR) is 114 cm³/mol. The number of benzene rings is 3. The highest BCUT2D eigenvalue weighted by Gasteiger charge is 2.50. The molecule has 2 unspecified atom stereocenters. The fraction of sp³-hybridized carbons (Fsp3) is 0.217. The number of halogens is 2. The van der Waals surface area contributed by atoms with Crippen LogP contribution >= 0.6 is 11.6 Å². The second-order valence-electron chi connectivity index (χ2n) is 7.57. The Morgan fingerprint density at radius 1 is 1.13 bits per heavy atom. The van der Waals surface area contributed by atoms with Gasteiger partial charge in [-0.25, -0.2) is 9.18 Å². The van der Waals surface area contributed by atoms with E-state index in [1.165, 1.54) is 19.1 Å². The summed E-state index contributed by atoms with van der Waals surface area (Å²) >= 11 is 6.09. The van der Waals surface area contributed by atoms with E-state index >= 15 is 0 Å². The van der Waals surface area contributed by atoms with Gasteiger partial charge in [0.2, 0.25) is 0 Å². The first kappa shape index (κ1) is 21.1. The Morgan fingerprint density at radius 3 is 2.61 bits per heavy atom. The molecule has 1 heterocycles. The Balaban J connectivity index is 1.43. The van der Waals surface area contributed by atoms with Crippen molar-refractivity contribution in [2.24, 2.45) is 0 Å². The van der Waals surface area contributed by atoms with Gasteiger partial charge in [0.15, 0.2) is 0 Å². The summed E-state index contributed by atoms with van der Waals surface area (Å²) in [6.45, 7) is 1.13. The monoisotopic (exact) mass is 442 g/mol. The van der Waals surface area contributed by atoms with Crippen molar-refractivity contribution in [3.63, 3.8) is 0 Å². The Kier molecular flexibility index (Phi) is 5.56. The van der Waals surface area contributed by atoms with E-state index in [9.17, 15) is 19.1 Å². The van der Waals surface area contributed by atoms with Gasteiger partial charge in [-0.3, -0.25) is 9.69 Å². The number of aliphatic hydroxyl groups excluding tert-OH is 1. The summed E-state index contributed by atoms with van der Waals surface area (Å²) in [4.78, 5) is 26.3. The number of carbonyl (C=O) groups is 2. The summed E-state index contributed by atoms with van der Waals surface area (Å²) in [5, 5.41) is 15.0. The van der Waals surface area contributed by atoms with Gasteiger partial charge < -0.3 is 15.2 Å². The molecule has 0 aliphatic carbocycles. The normalized spacial score (nSPS) is 19.5. The molecule has 4 rings (SSSR count). The fourth-order valence-corrected chi connectivity index (χ4v) is 4.01. The minimum Gasteiger partial charge on any atom is -0.491 e. The molecule has 3 aromatic carbocycles. The molecule has 2 atom stereocenters. The number of hydrogen-bond acceptors (Lipinski definition) is 4. The lowest BCUT2D eigenvalue weighted by Crippen LogP contribution is -2.43. The van der Waals surface area contributed by atoms with Crippen molar-refractivity contribution in [1.29, 1.82) is 0 Å². The van der Waals surface area contributed by atoms with Gasteiger partial charge in [-0.2, -0.15) is 0 Å². The van der Waals surface area contributed by atoms with Gasteiger partial charge in [0, 0.05) is 10.6 Å². The van der Waals surface area contributed by atoms with Gasteiger partial charge >= 0.3 is 6.03 Å². The molecule has 2 N–H and O–H groups in total. The Labute approximate surface area is 183 Å². The van der Waals surface area contributed by atoms with E-state index in [-0.39, 0.29) is 23.7 Å². The van der Waals surface area contributed by atoms with E-state index in [1.807, 2.05) is 36.4 Å². The third-order valence-corrected chi connectivity index (χ3v) is 5.61. The second kappa shape index (κ2) is 8.17. The van der Waals surface area contributed by atoms with Gasteiger partial charge in [0.05, 0.1) is 6.54 Å². The van der Waals surface area contributed by atoms with Crippen LogP contribution in [0.5, 0.6) is 5.75 Å². The number of ether oxygens (including phenoxy) is 1. The smallest absolute Gasteiger partial charge is 0.325 e. The molecule has 3 amide bonds. The van der Waals surface area contributed by atoms with Crippen molar-refractivity contribution in [1.82, 2.24) is 10.2 Å². The minimum absolute atomic E-state index is 0.0261. The molecule has 8 heteroatoms. The van der Waals surface area contributed by atoms with Crippen LogP contribution in [0.1, 0.15) is 12.5 Å². The Hall–Kier alpha value is -3.16. The molecular weight excluding hydrogens is 423 g/mol. The predicted octanol–water partition coefficient (Wildman–Crippen LogP) is 3.84. The van der Waals surface area contributed by atoms with Gasteiger partial charge in [-0.05, 0) is 42.0 Å². The third-order valence-electron chi connectivity index (χ3n) is 5.30. The number of amides is 3. The molecule has 6 nitrogen and oxygen atoms in total. The van der Waals surface area contributed by atoms with Gasteiger partial charge in [0.1, 0.15) is 29.8 Å². The van der Waals surface area contributed by atoms with Crippen LogP contribution in [0.25, 0.3) is 10.8 Å². The molecule has 0 radical (unpaired) electrons. The summed E-state index contributed by atoms with van der Waals surface area (Å²) in [6, 6.07) is 16.3. The number of fused-ring (bicyclic) bond motifs is 1. The standard InChI is InChI=1S/C23H20ClFN2O4/c1-23(19-9-7-16(25)11-20(19)24)21(29)27(22(30)26-23)12-17(28)13-31-18-8-6-14-4-2-3-5-15(14)10-18/h2-11,17,28H,12-13H2,1H3,(H,26,30). The maximum Gasteiger partial charge on any atom is 0.325 e. The average molecular weight is 443 g/mol. The minimum atomic E-state index is -1.46. The summed E-state index contributed by atoms with van der Waals surface area (Å²) in [6.07, 6.45) is -1.10. The van der Waals surface area contributed by atoms with Crippen LogP contribution in [0, 0.1) is 5.82 Å². The Morgan fingerprint density at radius 2 is 1.87 bits per heavy atom. The molecule has 0 bridgehead atoms. The van der Waals surface area contributed by atoms with Gasteiger partial charge in [-0.15, -0.1) is 0 Å². The lowest BCUT2D eigenvalue weighted by Gasteiger charge is -2.24. The summed E-state index contributed by atoms with van der Waals surface area (Å²) in [5.74, 6) is -0.569. The van der Waals surface area contributed by atoms with Crippen molar-refractivity contribution in [3.05, 3.63) is 77.1 Å². The van der Waals surface area contributed by atoms with Crippen LogP contribution in [0.4, 0.5) is 9.18 Å². The lowest BCUT2D eigenvalue weighted by molar-refractivity contribution is -0.132. The average Bonchev–Trinajstić information content (AvgIpc) is 2.95. The van der Waals surface area contributed by atoms with E-state index < -0.39 is 29.4 Å². The highest BCUT2D eigenvalue weighted by molar-refractivity contribution is 6.32. The zero-order valence-corrected chi connectivity index (χ0v) is 17.4. The fourth-order valence-electron chi connectivity index (χ4n) is 3.65. The van der Waals surface area contributed by atoms with E-state index in [1.54, 1.807) is 6.07 Å². The number of urea groups is 1. The van der Waals surface area contributed by atoms with Gasteiger partial charge in [-0.1, -0.05) is 48.0 Å². The summed E-state index contributed by atoms with van der Waals surface area (Å²) in [7, 11) is 0. The SMILES string of the molecule is CC1(c2ccc(F)cc2Cl)NC(=O)N(CC(O)COc2ccc3ccccc3c2)C1=O. The topological polar surface area (TPSA) is 78.9 Å². The molecule has 1 aliphatic heterocycles. The maximum absolute atomic E-state index is 13.4. The lowest BCUT2D eigenvalue weighted by atomic mass is 9.92. The van der Waals surface area contributed by atoms with E-state index in [0.29, 0.717) is 5.75 Å². The molecule has 160 valence electrons. The first-order valence-electron chi connectivity index (χ1n) is 9.67. The number of nitrogens with one attached hydrogen (secondary N) is 1. The largest absolute Gasteiger partial charge is 0.491 e. The number of rotatable bonds is 6. The van der Waals surface area contributed by atoms with E-state index in [0.717, 1.165) is 21.7 Å². The number of hydrogen-bond donors (Lipinski definition) is 2. The van der Waals surface area contributed by atoms with Crippen LogP contribution in [0.15, 0.2) is 60.7 Å². The first-order valence-corrected chi connectivity index (χ1v) is 10.0. The second-order valence-corrected chi connectivity index (χ2v) is 7.98. The molecule has 0 spiro atoms. The van der Waals surface area contributed by atoms with Crippen molar-refractivity contribution < 1.29 is 23.8 Å².